The summed E-state index contributed by atoms with van der Waals surface area (Å²) in [6, 6.07) is 3.60. The fourth-order valence-corrected chi connectivity index (χ4v) is 1.97. The Kier molecular flexibility index (Phi) is 3.76. The number of rotatable bonds is 4. The molecule has 5 heteroatoms. The molecule has 4 nitrogen and oxygen atoms in total. The van der Waals surface area contributed by atoms with Gasteiger partial charge in [-0.1, -0.05) is 24.6 Å². The van der Waals surface area contributed by atoms with Crippen molar-refractivity contribution in [1.82, 2.24) is 14.8 Å². The van der Waals surface area contributed by atoms with Crippen LogP contribution in [-0.2, 0) is 6.54 Å². The van der Waals surface area contributed by atoms with E-state index in [2.05, 4.69) is 17.0 Å². The summed E-state index contributed by atoms with van der Waals surface area (Å²) in [5.41, 5.74) is 1.34. The zero-order valence-corrected chi connectivity index (χ0v) is 10.3. The van der Waals surface area contributed by atoms with Gasteiger partial charge in [0.2, 0.25) is 0 Å². The first-order valence-corrected chi connectivity index (χ1v) is 5.91. The Bertz CT molecular complexity index is 484. The molecule has 1 unspecified atom stereocenters. The molecule has 0 aromatic carbocycles. The average molecular weight is 252 g/mol. The smallest absolute Gasteiger partial charge is 0.124 e. The molecule has 0 aliphatic heterocycles. The normalized spacial score (nSPS) is 12.6. The minimum absolute atomic E-state index is 0.481. The van der Waals surface area contributed by atoms with E-state index in [0.29, 0.717) is 16.3 Å². The van der Waals surface area contributed by atoms with Gasteiger partial charge in [-0.25, -0.2) is 0 Å². The van der Waals surface area contributed by atoms with Gasteiger partial charge in [-0.05, 0) is 12.5 Å². The molecule has 17 heavy (non-hydrogen) atoms. The fraction of sp³-hybridized carbons (Fsp3) is 0.333. The van der Waals surface area contributed by atoms with Gasteiger partial charge < -0.3 is 5.11 Å². The molecule has 0 fully saturated rings. The number of nitrogens with zero attached hydrogens (tertiary/aromatic N) is 3. The molecule has 0 saturated carbocycles. The topological polar surface area (TPSA) is 50.9 Å². The predicted octanol–water partition coefficient (Wildman–Crippen LogP) is 2.42. The molecule has 2 heterocycles. The van der Waals surface area contributed by atoms with Crippen molar-refractivity contribution in [3.8, 4) is 0 Å². The zero-order valence-electron chi connectivity index (χ0n) is 9.55. The summed E-state index contributed by atoms with van der Waals surface area (Å²) in [6.07, 6.45) is 5.01. The summed E-state index contributed by atoms with van der Waals surface area (Å²) in [5.74, 6) is 0. The first-order valence-electron chi connectivity index (χ1n) is 5.53. The molecular formula is C12H14ClN3O. The molecule has 2 rings (SSSR count). The number of hydrogen-bond donors (Lipinski definition) is 1. The lowest BCUT2D eigenvalue weighted by Gasteiger charge is -2.13. The van der Waals surface area contributed by atoms with Gasteiger partial charge in [-0.2, -0.15) is 5.10 Å². The van der Waals surface area contributed by atoms with Crippen LogP contribution in [0.5, 0.6) is 0 Å². The van der Waals surface area contributed by atoms with Crippen molar-refractivity contribution in [3.63, 3.8) is 0 Å². The van der Waals surface area contributed by atoms with Crippen LogP contribution in [-0.4, -0.2) is 19.9 Å². The van der Waals surface area contributed by atoms with Crippen LogP contribution in [0.2, 0.25) is 5.02 Å². The second-order valence-electron chi connectivity index (χ2n) is 3.79. The van der Waals surface area contributed by atoms with Crippen LogP contribution in [0.3, 0.4) is 0 Å². The molecule has 0 saturated heterocycles. The van der Waals surface area contributed by atoms with Crippen molar-refractivity contribution in [2.24, 2.45) is 0 Å². The van der Waals surface area contributed by atoms with Crippen LogP contribution >= 0.6 is 11.6 Å². The van der Waals surface area contributed by atoms with E-state index < -0.39 is 6.10 Å². The fourth-order valence-electron chi connectivity index (χ4n) is 1.73. The highest BCUT2D eigenvalue weighted by Crippen LogP contribution is 2.27. The summed E-state index contributed by atoms with van der Waals surface area (Å²) in [6.45, 7) is 2.79. The summed E-state index contributed by atoms with van der Waals surface area (Å²) < 4.78 is 1.74. The molecule has 0 spiro atoms. The third-order valence-corrected chi connectivity index (χ3v) is 2.82. The Morgan fingerprint density at radius 1 is 1.47 bits per heavy atom. The van der Waals surface area contributed by atoms with E-state index in [1.54, 1.807) is 29.3 Å². The van der Waals surface area contributed by atoms with Gasteiger partial charge in [-0.3, -0.25) is 9.67 Å². The maximum atomic E-state index is 10.3. The van der Waals surface area contributed by atoms with Gasteiger partial charge in [0, 0.05) is 24.5 Å². The first-order chi connectivity index (χ1) is 8.24. The largest absolute Gasteiger partial charge is 0.382 e. The van der Waals surface area contributed by atoms with Crippen molar-refractivity contribution in [1.29, 1.82) is 0 Å². The third-order valence-electron chi connectivity index (χ3n) is 2.53. The third kappa shape index (κ3) is 2.48. The van der Waals surface area contributed by atoms with Gasteiger partial charge in [-0.15, -0.1) is 0 Å². The molecule has 2 aromatic heterocycles. The molecule has 0 bridgehead atoms. The number of aliphatic hydroxyl groups excluding tert-OH is 1. The van der Waals surface area contributed by atoms with Crippen LogP contribution < -0.4 is 0 Å². The highest BCUT2D eigenvalue weighted by molar-refractivity contribution is 6.31. The van der Waals surface area contributed by atoms with Gasteiger partial charge in [0.05, 0.1) is 16.9 Å². The molecule has 1 atom stereocenters. The second kappa shape index (κ2) is 5.29. The number of halogens is 1. The Morgan fingerprint density at radius 3 is 2.94 bits per heavy atom. The van der Waals surface area contributed by atoms with Crippen molar-refractivity contribution in [2.75, 3.05) is 0 Å². The standard InChI is InChI=1S/C12H14ClN3O/c1-2-6-16-11(10(13)8-15-16)12(17)9-4-3-5-14-7-9/h3-5,7-8,12,17H,2,6H2,1H3. The number of pyridine rings is 1. The highest BCUT2D eigenvalue weighted by Gasteiger charge is 2.19. The van der Waals surface area contributed by atoms with Crippen LogP contribution in [0.1, 0.15) is 30.7 Å². The minimum atomic E-state index is -0.787. The molecule has 0 amide bonds. The van der Waals surface area contributed by atoms with E-state index in [9.17, 15) is 5.11 Å². The average Bonchev–Trinajstić information content (AvgIpc) is 2.71. The van der Waals surface area contributed by atoms with Gasteiger partial charge in [0.15, 0.2) is 0 Å². The Labute approximate surface area is 105 Å². The molecule has 0 aliphatic rings. The van der Waals surface area contributed by atoms with E-state index in [4.69, 9.17) is 11.6 Å². The van der Waals surface area contributed by atoms with Crippen LogP contribution in [0, 0.1) is 0 Å². The molecule has 0 radical (unpaired) electrons. The van der Waals surface area contributed by atoms with Gasteiger partial charge in [0.1, 0.15) is 6.10 Å². The minimum Gasteiger partial charge on any atom is -0.382 e. The lowest BCUT2D eigenvalue weighted by atomic mass is 10.1. The lowest BCUT2D eigenvalue weighted by molar-refractivity contribution is 0.207. The zero-order chi connectivity index (χ0) is 12.3. The quantitative estimate of drug-likeness (QED) is 0.908. The lowest BCUT2D eigenvalue weighted by Crippen LogP contribution is -2.10. The van der Waals surface area contributed by atoms with E-state index in [1.807, 2.05) is 6.07 Å². The molecular weight excluding hydrogens is 238 g/mol. The Morgan fingerprint density at radius 2 is 2.29 bits per heavy atom. The van der Waals surface area contributed by atoms with Gasteiger partial charge >= 0.3 is 0 Å². The number of aromatic nitrogens is 3. The Balaban J connectivity index is 2.36. The molecule has 90 valence electrons. The van der Waals surface area contributed by atoms with E-state index >= 15 is 0 Å². The second-order valence-corrected chi connectivity index (χ2v) is 4.20. The monoisotopic (exact) mass is 251 g/mol. The van der Waals surface area contributed by atoms with Gasteiger partial charge in [0.25, 0.3) is 0 Å². The number of aryl methyl sites for hydroxylation is 1. The summed E-state index contributed by atoms with van der Waals surface area (Å²) in [7, 11) is 0. The first kappa shape index (κ1) is 12.1. The Hall–Kier alpha value is -1.39. The van der Waals surface area contributed by atoms with E-state index in [0.717, 1.165) is 13.0 Å². The van der Waals surface area contributed by atoms with Crippen molar-refractivity contribution >= 4 is 11.6 Å². The predicted molar refractivity (Wildman–Crippen MR) is 65.8 cm³/mol. The van der Waals surface area contributed by atoms with Crippen molar-refractivity contribution in [2.45, 2.75) is 26.0 Å². The van der Waals surface area contributed by atoms with Crippen LogP contribution in [0.4, 0.5) is 0 Å². The van der Waals surface area contributed by atoms with Crippen molar-refractivity contribution < 1.29 is 5.11 Å². The molecule has 0 aliphatic carbocycles. The summed E-state index contributed by atoms with van der Waals surface area (Å²) in [4.78, 5) is 3.99. The summed E-state index contributed by atoms with van der Waals surface area (Å²) >= 11 is 6.06. The van der Waals surface area contributed by atoms with E-state index in [-0.39, 0.29) is 0 Å². The van der Waals surface area contributed by atoms with E-state index in [1.165, 1.54) is 0 Å². The van der Waals surface area contributed by atoms with Crippen LogP contribution in [0.15, 0.2) is 30.7 Å². The number of aliphatic hydroxyl groups is 1. The maximum Gasteiger partial charge on any atom is 0.124 e. The SMILES string of the molecule is CCCn1ncc(Cl)c1C(O)c1cccnc1. The van der Waals surface area contributed by atoms with Crippen molar-refractivity contribution in [3.05, 3.63) is 47.0 Å². The molecule has 1 N–H and O–H groups in total. The van der Waals surface area contributed by atoms with Crippen LogP contribution in [0.25, 0.3) is 0 Å². The summed E-state index contributed by atoms with van der Waals surface area (Å²) in [5, 5.41) is 14.9. The number of hydrogen-bond acceptors (Lipinski definition) is 3. The highest BCUT2D eigenvalue weighted by atomic mass is 35.5. The molecule has 2 aromatic rings. The maximum absolute atomic E-state index is 10.3.